The zero-order valence-electron chi connectivity index (χ0n) is 14.4. The third kappa shape index (κ3) is 4.87. The van der Waals surface area contributed by atoms with Gasteiger partial charge in [0.25, 0.3) is 0 Å². The van der Waals surface area contributed by atoms with Crippen LogP contribution in [-0.2, 0) is 6.54 Å². The SMILES string of the molecule is COc1cc(CNCCN(C)C)ccc1N1CCN(C)CC1. The number of methoxy groups -OCH3 is 1. The predicted molar refractivity (Wildman–Crippen MR) is 93.0 cm³/mol. The Balaban J connectivity index is 1.95. The molecule has 1 aromatic rings. The van der Waals surface area contributed by atoms with Gasteiger partial charge in [-0.05, 0) is 38.8 Å². The predicted octanol–water partition coefficient (Wildman–Crippen LogP) is 1.10. The van der Waals surface area contributed by atoms with Crippen molar-refractivity contribution in [3.8, 4) is 5.75 Å². The first-order chi connectivity index (χ1) is 10.6. The first-order valence-electron chi connectivity index (χ1n) is 8.06. The third-order valence-electron chi connectivity index (χ3n) is 4.15. The van der Waals surface area contributed by atoms with Crippen molar-refractivity contribution in [2.24, 2.45) is 0 Å². The summed E-state index contributed by atoms with van der Waals surface area (Å²) in [5.74, 6) is 0.983. The molecule has 22 heavy (non-hydrogen) atoms. The summed E-state index contributed by atoms with van der Waals surface area (Å²) in [5, 5.41) is 3.47. The molecule has 0 atom stereocenters. The molecule has 5 nitrogen and oxygen atoms in total. The number of nitrogens with one attached hydrogen (secondary N) is 1. The summed E-state index contributed by atoms with van der Waals surface area (Å²) in [6, 6.07) is 6.57. The minimum atomic E-state index is 0.882. The maximum absolute atomic E-state index is 5.62. The number of benzene rings is 1. The van der Waals surface area contributed by atoms with Crippen LogP contribution in [0.5, 0.6) is 5.75 Å². The number of hydrogen-bond donors (Lipinski definition) is 1. The van der Waals surface area contributed by atoms with Gasteiger partial charge >= 0.3 is 0 Å². The van der Waals surface area contributed by atoms with Crippen molar-refractivity contribution in [1.29, 1.82) is 0 Å². The lowest BCUT2D eigenvalue weighted by Crippen LogP contribution is -2.44. The molecule has 1 heterocycles. The molecule has 1 saturated heterocycles. The molecule has 0 aromatic heterocycles. The van der Waals surface area contributed by atoms with Crippen molar-refractivity contribution in [3.05, 3.63) is 23.8 Å². The molecule has 0 spiro atoms. The summed E-state index contributed by atoms with van der Waals surface area (Å²) in [6.07, 6.45) is 0. The van der Waals surface area contributed by atoms with E-state index < -0.39 is 0 Å². The average Bonchev–Trinajstić information content (AvgIpc) is 2.52. The first kappa shape index (κ1) is 17.1. The fourth-order valence-corrected chi connectivity index (χ4v) is 2.68. The van der Waals surface area contributed by atoms with Crippen molar-refractivity contribution < 1.29 is 4.74 Å². The molecule has 0 bridgehead atoms. The van der Waals surface area contributed by atoms with Gasteiger partial charge < -0.3 is 24.8 Å². The van der Waals surface area contributed by atoms with E-state index in [2.05, 4.69) is 59.4 Å². The molecule has 1 aliphatic rings. The zero-order valence-corrected chi connectivity index (χ0v) is 14.4. The van der Waals surface area contributed by atoms with E-state index in [-0.39, 0.29) is 0 Å². The lowest BCUT2D eigenvalue weighted by atomic mass is 10.1. The molecule has 0 amide bonds. The maximum Gasteiger partial charge on any atom is 0.142 e. The van der Waals surface area contributed by atoms with E-state index in [4.69, 9.17) is 4.74 Å². The van der Waals surface area contributed by atoms with E-state index >= 15 is 0 Å². The maximum atomic E-state index is 5.62. The van der Waals surface area contributed by atoms with Gasteiger partial charge in [0.05, 0.1) is 12.8 Å². The van der Waals surface area contributed by atoms with Crippen molar-refractivity contribution in [2.45, 2.75) is 6.54 Å². The first-order valence-corrected chi connectivity index (χ1v) is 8.06. The Labute approximate surface area is 134 Å². The highest BCUT2D eigenvalue weighted by atomic mass is 16.5. The van der Waals surface area contributed by atoms with Gasteiger partial charge in [0, 0.05) is 45.8 Å². The largest absolute Gasteiger partial charge is 0.495 e. The summed E-state index contributed by atoms with van der Waals surface area (Å²) in [7, 11) is 8.13. The van der Waals surface area contributed by atoms with E-state index in [9.17, 15) is 0 Å². The minimum absolute atomic E-state index is 0.882. The molecular weight excluding hydrogens is 276 g/mol. The van der Waals surface area contributed by atoms with E-state index in [1.165, 1.54) is 11.3 Å². The quantitative estimate of drug-likeness (QED) is 0.763. The summed E-state index contributed by atoms with van der Waals surface area (Å²) in [6.45, 7) is 7.27. The van der Waals surface area contributed by atoms with Crippen LogP contribution in [0.3, 0.4) is 0 Å². The van der Waals surface area contributed by atoms with Crippen molar-refractivity contribution >= 4 is 5.69 Å². The number of anilines is 1. The van der Waals surface area contributed by atoms with Crippen molar-refractivity contribution in [2.75, 3.05) is 72.4 Å². The van der Waals surface area contributed by atoms with Crippen LogP contribution in [0, 0.1) is 0 Å². The number of piperazine rings is 1. The smallest absolute Gasteiger partial charge is 0.142 e. The highest BCUT2D eigenvalue weighted by molar-refractivity contribution is 5.60. The molecule has 1 N–H and O–H groups in total. The summed E-state index contributed by atoms with van der Waals surface area (Å²) >= 11 is 0. The Kier molecular flexibility index (Phi) is 6.49. The number of ether oxygens (including phenoxy) is 1. The molecule has 0 unspecified atom stereocenters. The van der Waals surface area contributed by atoms with Gasteiger partial charge in [-0.25, -0.2) is 0 Å². The Bertz CT molecular complexity index is 456. The van der Waals surface area contributed by atoms with Crippen LogP contribution in [0.15, 0.2) is 18.2 Å². The molecule has 2 rings (SSSR count). The number of likely N-dealkylation sites (N-methyl/N-ethyl adjacent to an activating group) is 2. The van der Waals surface area contributed by atoms with E-state index in [1.54, 1.807) is 7.11 Å². The molecule has 124 valence electrons. The average molecular weight is 306 g/mol. The van der Waals surface area contributed by atoms with E-state index in [0.29, 0.717) is 0 Å². The van der Waals surface area contributed by atoms with Crippen LogP contribution in [0.4, 0.5) is 5.69 Å². The monoisotopic (exact) mass is 306 g/mol. The van der Waals surface area contributed by atoms with E-state index in [1.807, 2.05) is 0 Å². The summed E-state index contributed by atoms with van der Waals surface area (Å²) in [4.78, 5) is 6.97. The minimum Gasteiger partial charge on any atom is -0.495 e. The van der Waals surface area contributed by atoms with Crippen LogP contribution in [0.25, 0.3) is 0 Å². The molecule has 1 aliphatic heterocycles. The Morgan fingerprint density at radius 3 is 2.55 bits per heavy atom. The second-order valence-corrected chi connectivity index (χ2v) is 6.28. The van der Waals surface area contributed by atoms with Gasteiger partial charge in [0.15, 0.2) is 0 Å². The van der Waals surface area contributed by atoms with Crippen LogP contribution in [-0.4, -0.2) is 77.3 Å². The molecule has 0 aliphatic carbocycles. The Morgan fingerprint density at radius 2 is 1.91 bits per heavy atom. The van der Waals surface area contributed by atoms with Gasteiger partial charge in [0.1, 0.15) is 5.75 Å². The summed E-state index contributed by atoms with van der Waals surface area (Å²) in [5.41, 5.74) is 2.49. The second-order valence-electron chi connectivity index (χ2n) is 6.28. The molecule has 0 radical (unpaired) electrons. The van der Waals surface area contributed by atoms with Crippen LogP contribution >= 0.6 is 0 Å². The zero-order chi connectivity index (χ0) is 15.9. The van der Waals surface area contributed by atoms with Crippen molar-refractivity contribution in [1.82, 2.24) is 15.1 Å². The molecule has 1 aromatic carbocycles. The van der Waals surface area contributed by atoms with E-state index in [0.717, 1.165) is 51.6 Å². The second kappa shape index (κ2) is 8.36. The summed E-state index contributed by atoms with van der Waals surface area (Å²) < 4.78 is 5.62. The van der Waals surface area contributed by atoms with Crippen LogP contribution in [0.2, 0.25) is 0 Å². The lowest BCUT2D eigenvalue weighted by Gasteiger charge is -2.34. The van der Waals surface area contributed by atoms with Crippen molar-refractivity contribution in [3.63, 3.8) is 0 Å². The molecule has 1 fully saturated rings. The van der Waals surface area contributed by atoms with Gasteiger partial charge in [-0.2, -0.15) is 0 Å². The Morgan fingerprint density at radius 1 is 1.18 bits per heavy atom. The van der Waals surface area contributed by atoms with Gasteiger partial charge in [0.2, 0.25) is 0 Å². The molecule has 0 saturated carbocycles. The standard InChI is InChI=1S/C17H30N4O/c1-19(2)8-7-18-14-15-5-6-16(17(13-15)22-4)21-11-9-20(3)10-12-21/h5-6,13,18H,7-12,14H2,1-4H3. The van der Waals surface area contributed by atoms with Gasteiger partial charge in [-0.1, -0.05) is 6.07 Å². The van der Waals surface area contributed by atoms with Crippen LogP contribution < -0.4 is 15.0 Å². The van der Waals surface area contributed by atoms with Gasteiger partial charge in [-0.3, -0.25) is 0 Å². The normalized spacial score (nSPS) is 16.3. The number of nitrogens with zero attached hydrogens (tertiary/aromatic N) is 3. The third-order valence-corrected chi connectivity index (χ3v) is 4.15. The number of rotatable bonds is 7. The Hall–Kier alpha value is -1.30. The lowest BCUT2D eigenvalue weighted by molar-refractivity contribution is 0.311. The molecule has 5 heteroatoms. The van der Waals surface area contributed by atoms with Gasteiger partial charge in [-0.15, -0.1) is 0 Å². The highest BCUT2D eigenvalue weighted by Crippen LogP contribution is 2.30. The van der Waals surface area contributed by atoms with Crippen LogP contribution in [0.1, 0.15) is 5.56 Å². The molecular formula is C17H30N4O. The topological polar surface area (TPSA) is 31.0 Å². The highest BCUT2D eigenvalue weighted by Gasteiger charge is 2.17. The fraction of sp³-hybridized carbons (Fsp3) is 0.647. The fourth-order valence-electron chi connectivity index (χ4n) is 2.68. The number of hydrogen-bond acceptors (Lipinski definition) is 5.